The Morgan fingerprint density at radius 1 is 1.29 bits per heavy atom. The molecule has 1 aromatic rings. The van der Waals surface area contributed by atoms with E-state index in [-0.39, 0.29) is 5.79 Å². The van der Waals surface area contributed by atoms with Crippen LogP contribution in [0.25, 0.3) is 0 Å². The van der Waals surface area contributed by atoms with Crippen molar-refractivity contribution < 1.29 is 14.2 Å². The van der Waals surface area contributed by atoms with E-state index in [4.69, 9.17) is 19.5 Å². The lowest BCUT2D eigenvalue weighted by molar-refractivity contribution is -0.185. The lowest BCUT2D eigenvalue weighted by atomic mass is 10.0. The van der Waals surface area contributed by atoms with Crippen LogP contribution in [-0.2, 0) is 16.0 Å². The Balaban J connectivity index is 1.61. The number of hydrogen-bond donors (Lipinski definition) is 0. The fourth-order valence-corrected chi connectivity index (χ4v) is 3.04. The summed E-state index contributed by atoms with van der Waals surface area (Å²) in [5.74, 6) is 0.306. The van der Waals surface area contributed by atoms with Gasteiger partial charge < -0.3 is 14.2 Å². The number of rotatable bonds is 3. The summed E-state index contributed by atoms with van der Waals surface area (Å²) in [7, 11) is 1.58. The fraction of sp³-hybridized carbons (Fsp3) is 0.562. The van der Waals surface area contributed by atoms with Gasteiger partial charge in [0.05, 0.1) is 25.9 Å². The molecule has 0 amide bonds. The minimum atomic E-state index is -0.325. The highest BCUT2D eigenvalue weighted by Crippen LogP contribution is 2.32. The van der Waals surface area contributed by atoms with Crippen LogP contribution < -0.4 is 4.74 Å². The lowest BCUT2D eigenvalue weighted by Crippen LogP contribution is -2.44. The van der Waals surface area contributed by atoms with Crippen LogP contribution in [0.3, 0.4) is 0 Å². The van der Waals surface area contributed by atoms with Crippen LogP contribution in [0.1, 0.15) is 24.0 Å². The molecule has 0 N–H and O–H groups in total. The molecule has 0 aliphatic carbocycles. The van der Waals surface area contributed by atoms with E-state index in [9.17, 15) is 0 Å². The van der Waals surface area contributed by atoms with Gasteiger partial charge in [0.1, 0.15) is 11.8 Å². The zero-order chi connectivity index (χ0) is 14.7. The molecule has 0 radical (unpaired) electrons. The molecule has 3 rings (SSSR count). The first-order valence-corrected chi connectivity index (χ1v) is 7.32. The Labute approximate surface area is 125 Å². The summed E-state index contributed by atoms with van der Waals surface area (Å²) in [6, 6.07) is 7.97. The Hall–Kier alpha value is -1.61. The largest absolute Gasteiger partial charge is 0.495 e. The molecular weight excluding hydrogens is 268 g/mol. The van der Waals surface area contributed by atoms with Crippen LogP contribution >= 0.6 is 0 Å². The maximum atomic E-state index is 9.14. The molecule has 2 aliphatic rings. The highest BCUT2D eigenvalue weighted by molar-refractivity contribution is 5.45. The topological polar surface area (TPSA) is 54.7 Å². The standard InChI is InChI=1S/C16H20N2O3/c1-19-15-3-2-13(10-14(15)11-17)12-18-6-4-16(5-7-18)20-8-9-21-16/h2-3,10H,4-9,12H2,1H3. The van der Waals surface area contributed by atoms with Crippen molar-refractivity contribution in [2.75, 3.05) is 33.4 Å². The van der Waals surface area contributed by atoms with Gasteiger partial charge in [0.2, 0.25) is 0 Å². The van der Waals surface area contributed by atoms with Crippen LogP contribution in [0.5, 0.6) is 5.75 Å². The molecule has 0 unspecified atom stereocenters. The number of hydrogen-bond acceptors (Lipinski definition) is 5. The van der Waals surface area contributed by atoms with Gasteiger partial charge in [-0.2, -0.15) is 5.26 Å². The Morgan fingerprint density at radius 3 is 2.62 bits per heavy atom. The summed E-state index contributed by atoms with van der Waals surface area (Å²) in [4.78, 5) is 2.37. The first-order valence-electron chi connectivity index (χ1n) is 7.32. The SMILES string of the molecule is COc1ccc(CN2CCC3(CC2)OCCO3)cc1C#N. The first kappa shape index (κ1) is 14.3. The van der Waals surface area contributed by atoms with E-state index < -0.39 is 0 Å². The van der Waals surface area contributed by atoms with Crippen molar-refractivity contribution in [1.29, 1.82) is 5.26 Å². The predicted octanol–water partition coefficient (Wildman–Crippen LogP) is 1.91. The normalized spacial score (nSPS) is 21.3. The van der Waals surface area contributed by atoms with Crippen LogP contribution in [-0.4, -0.2) is 44.1 Å². The molecule has 0 saturated carbocycles. The van der Waals surface area contributed by atoms with Crippen molar-refractivity contribution in [3.63, 3.8) is 0 Å². The van der Waals surface area contributed by atoms with E-state index in [1.165, 1.54) is 0 Å². The van der Waals surface area contributed by atoms with Gasteiger partial charge in [0, 0.05) is 32.5 Å². The molecule has 2 fully saturated rings. The molecular formula is C16H20N2O3. The van der Waals surface area contributed by atoms with E-state index in [2.05, 4.69) is 11.0 Å². The number of benzene rings is 1. The molecule has 21 heavy (non-hydrogen) atoms. The van der Waals surface area contributed by atoms with Crippen molar-refractivity contribution in [2.45, 2.75) is 25.2 Å². The summed E-state index contributed by atoms with van der Waals surface area (Å²) >= 11 is 0. The van der Waals surface area contributed by atoms with Crippen LogP contribution in [0.4, 0.5) is 0 Å². The van der Waals surface area contributed by atoms with Gasteiger partial charge in [0.25, 0.3) is 0 Å². The van der Waals surface area contributed by atoms with Crippen LogP contribution in [0, 0.1) is 11.3 Å². The number of likely N-dealkylation sites (tertiary alicyclic amines) is 1. The van der Waals surface area contributed by atoms with E-state index in [0.717, 1.165) is 38.0 Å². The molecule has 0 atom stereocenters. The van der Waals surface area contributed by atoms with Gasteiger partial charge in [-0.3, -0.25) is 4.90 Å². The molecule has 5 nitrogen and oxygen atoms in total. The highest BCUT2D eigenvalue weighted by Gasteiger charge is 2.39. The Bertz CT molecular complexity index is 537. The van der Waals surface area contributed by atoms with E-state index in [1.54, 1.807) is 7.11 Å². The maximum absolute atomic E-state index is 9.14. The van der Waals surface area contributed by atoms with Crippen molar-refractivity contribution in [3.05, 3.63) is 29.3 Å². The third-order valence-electron chi connectivity index (χ3n) is 4.22. The zero-order valence-electron chi connectivity index (χ0n) is 12.3. The molecule has 2 saturated heterocycles. The minimum absolute atomic E-state index is 0.325. The molecule has 0 aromatic heterocycles. The van der Waals surface area contributed by atoms with Crippen LogP contribution in [0.15, 0.2) is 18.2 Å². The van der Waals surface area contributed by atoms with E-state index >= 15 is 0 Å². The number of nitriles is 1. The number of piperidine rings is 1. The van der Waals surface area contributed by atoms with Gasteiger partial charge in [-0.05, 0) is 17.7 Å². The van der Waals surface area contributed by atoms with Gasteiger partial charge in [-0.1, -0.05) is 6.07 Å². The summed E-state index contributed by atoms with van der Waals surface area (Å²) in [6.07, 6.45) is 1.82. The molecule has 112 valence electrons. The molecule has 2 aliphatic heterocycles. The highest BCUT2D eigenvalue weighted by atomic mass is 16.7. The van der Waals surface area contributed by atoms with Crippen molar-refractivity contribution in [3.8, 4) is 11.8 Å². The van der Waals surface area contributed by atoms with Gasteiger partial charge in [-0.25, -0.2) is 0 Å². The summed E-state index contributed by atoms with van der Waals surface area (Å²) < 4.78 is 16.7. The second-order valence-corrected chi connectivity index (χ2v) is 5.53. The summed E-state index contributed by atoms with van der Waals surface area (Å²) in [5, 5.41) is 9.14. The Kier molecular flexibility index (Phi) is 4.11. The second kappa shape index (κ2) is 6.02. The summed E-state index contributed by atoms with van der Waals surface area (Å²) in [6.45, 7) is 4.17. The van der Waals surface area contributed by atoms with Gasteiger partial charge in [0.15, 0.2) is 5.79 Å². The first-order chi connectivity index (χ1) is 10.2. The van der Waals surface area contributed by atoms with Gasteiger partial charge >= 0.3 is 0 Å². The van der Waals surface area contributed by atoms with Crippen molar-refractivity contribution in [2.24, 2.45) is 0 Å². The monoisotopic (exact) mass is 288 g/mol. The van der Waals surface area contributed by atoms with Crippen molar-refractivity contribution in [1.82, 2.24) is 4.90 Å². The van der Waals surface area contributed by atoms with E-state index in [0.29, 0.717) is 24.5 Å². The average molecular weight is 288 g/mol. The van der Waals surface area contributed by atoms with Crippen molar-refractivity contribution >= 4 is 0 Å². The second-order valence-electron chi connectivity index (χ2n) is 5.53. The molecule has 1 aromatic carbocycles. The fourth-order valence-electron chi connectivity index (χ4n) is 3.04. The maximum Gasteiger partial charge on any atom is 0.170 e. The summed E-state index contributed by atoms with van der Waals surface area (Å²) in [5.41, 5.74) is 1.72. The molecule has 1 spiro atoms. The molecule has 0 bridgehead atoms. The quantitative estimate of drug-likeness (QED) is 0.850. The van der Waals surface area contributed by atoms with Crippen LogP contribution in [0.2, 0.25) is 0 Å². The third-order valence-corrected chi connectivity index (χ3v) is 4.22. The van der Waals surface area contributed by atoms with E-state index in [1.807, 2.05) is 18.2 Å². The minimum Gasteiger partial charge on any atom is -0.495 e. The molecule has 5 heteroatoms. The molecule has 2 heterocycles. The smallest absolute Gasteiger partial charge is 0.170 e. The number of nitrogens with zero attached hydrogens (tertiary/aromatic N) is 2. The average Bonchev–Trinajstić information content (AvgIpc) is 2.98. The van der Waals surface area contributed by atoms with Gasteiger partial charge in [-0.15, -0.1) is 0 Å². The Morgan fingerprint density at radius 2 is 2.00 bits per heavy atom. The number of methoxy groups -OCH3 is 1. The third kappa shape index (κ3) is 3.03. The number of ether oxygens (including phenoxy) is 3. The zero-order valence-corrected chi connectivity index (χ0v) is 12.3. The lowest BCUT2D eigenvalue weighted by Gasteiger charge is -2.37. The predicted molar refractivity (Wildman–Crippen MR) is 76.9 cm³/mol.